The lowest BCUT2D eigenvalue weighted by Crippen LogP contribution is -2.56. The van der Waals surface area contributed by atoms with Crippen molar-refractivity contribution in [2.45, 2.75) is 50.7 Å². The van der Waals surface area contributed by atoms with Crippen LogP contribution in [0.15, 0.2) is 48.5 Å². The average Bonchev–Trinajstić information content (AvgIpc) is 2.56. The third-order valence-corrected chi connectivity index (χ3v) is 5.78. The topological polar surface area (TPSA) is 29.3 Å². The third kappa shape index (κ3) is 3.32. The molecule has 0 spiro atoms. The number of hydrogen-bond acceptors (Lipinski definition) is 2. The van der Waals surface area contributed by atoms with Gasteiger partial charge in [0.05, 0.1) is 0 Å². The SMILES string of the molecule is Nc1ccc(CN2C(CCc3ccc(F)cc3)CC3CC2C3)cc1. The molecule has 126 valence electrons. The molecule has 3 fully saturated rings. The summed E-state index contributed by atoms with van der Waals surface area (Å²) in [5.41, 5.74) is 9.22. The van der Waals surface area contributed by atoms with Crippen LogP contribution in [-0.2, 0) is 13.0 Å². The van der Waals surface area contributed by atoms with E-state index < -0.39 is 0 Å². The van der Waals surface area contributed by atoms with Crippen LogP contribution < -0.4 is 5.73 Å². The molecule has 1 atom stereocenters. The molecule has 1 saturated carbocycles. The van der Waals surface area contributed by atoms with E-state index >= 15 is 0 Å². The summed E-state index contributed by atoms with van der Waals surface area (Å²) >= 11 is 0. The first-order valence-corrected chi connectivity index (χ1v) is 9.02. The van der Waals surface area contributed by atoms with Gasteiger partial charge >= 0.3 is 0 Å². The predicted octanol–water partition coefficient (Wildman–Crippen LogP) is 4.39. The molecule has 2 aliphatic heterocycles. The highest BCUT2D eigenvalue weighted by molar-refractivity contribution is 5.39. The van der Waals surface area contributed by atoms with E-state index in [1.54, 1.807) is 12.1 Å². The lowest BCUT2D eigenvalue weighted by atomic mass is 9.69. The number of anilines is 1. The minimum Gasteiger partial charge on any atom is -0.399 e. The predicted molar refractivity (Wildman–Crippen MR) is 96.0 cm³/mol. The first kappa shape index (κ1) is 15.6. The molecular weight excluding hydrogens is 299 g/mol. The Kier molecular flexibility index (Phi) is 4.28. The van der Waals surface area contributed by atoms with E-state index in [0.717, 1.165) is 37.0 Å². The molecule has 2 N–H and O–H groups in total. The van der Waals surface area contributed by atoms with E-state index in [-0.39, 0.29) is 5.82 Å². The van der Waals surface area contributed by atoms with E-state index in [0.29, 0.717) is 6.04 Å². The van der Waals surface area contributed by atoms with Crippen molar-refractivity contribution in [3.05, 3.63) is 65.5 Å². The van der Waals surface area contributed by atoms with Crippen molar-refractivity contribution in [3.63, 3.8) is 0 Å². The van der Waals surface area contributed by atoms with Crippen LogP contribution in [0, 0.1) is 11.7 Å². The Labute approximate surface area is 143 Å². The highest BCUT2D eigenvalue weighted by Gasteiger charge is 2.43. The van der Waals surface area contributed by atoms with Crippen LogP contribution in [-0.4, -0.2) is 17.0 Å². The number of nitrogens with two attached hydrogens (primary N) is 1. The second kappa shape index (κ2) is 6.56. The van der Waals surface area contributed by atoms with Gasteiger partial charge in [0, 0.05) is 24.3 Å². The Morgan fingerprint density at radius 3 is 2.29 bits per heavy atom. The van der Waals surface area contributed by atoms with Crippen LogP contribution in [0.2, 0.25) is 0 Å². The highest BCUT2D eigenvalue weighted by atomic mass is 19.1. The van der Waals surface area contributed by atoms with Crippen molar-refractivity contribution in [1.29, 1.82) is 0 Å². The zero-order valence-electron chi connectivity index (χ0n) is 14.0. The Bertz CT molecular complexity index is 674. The number of piperidine rings is 2. The quantitative estimate of drug-likeness (QED) is 0.826. The Morgan fingerprint density at radius 1 is 0.917 bits per heavy atom. The van der Waals surface area contributed by atoms with Crippen molar-refractivity contribution in [3.8, 4) is 0 Å². The van der Waals surface area contributed by atoms with Crippen molar-refractivity contribution >= 4 is 5.69 Å². The summed E-state index contributed by atoms with van der Waals surface area (Å²) in [6, 6.07) is 16.7. The zero-order chi connectivity index (χ0) is 16.5. The summed E-state index contributed by atoms with van der Waals surface area (Å²) < 4.78 is 13.1. The second-order valence-corrected chi connectivity index (χ2v) is 7.46. The largest absolute Gasteiger partial charge is 0.399 e. The molecule has 2 aromatic carbocycles. The van der Waals surface area contributed by atoms with Gasteiger partial charge in [-0.15, -0.1) is 0 Å². The fourth-order valence-corrected chi connectivity index (χ4v) is 4.34. The lowest BCUT2D eigenvalue weighted by molar-refractivity contribution is -0.0408. The molecule has 2 bridgehead atoms. The number of halogens is 1. The number of benzene rings is 2. The van der Waals surface area contributed by atoms with Crippen LogP contribution in [0.25, 0.3) is 0 Å². The molecule has 1 aliphatic carbocycles. The minimum atomic E-state index is -0.150. The van der Waals surface area contributed by atoms with Crippen molar-refractivity contribution < 1.29 is 4.39 Å². The van der Waals surface area contributed by atoms with Gasteiger partial charge in [-0.2, -0.15) is 0 Å². The molecule has 2 heterocycles. The summed E-state index contributed by atoms with van der Waals surface area (Å²) in [6.07, 6.45) is 6.23. The maximum absolute atomic E-state index is 13.1. The monoisotopic (exact) mass is 324 g/mol. The summed E-state index contributed by atoms with van der Waals surface area (Å²) in [7, 11) is 0. The molecule has 2 saturated heterocycles. The van der Waals surface area contributed by atoms with Crippen LogP contribution in [0.1, 0.15) is 36.8 Å². The minimum absolute atomic E-state index is 0.150. The first-order chi connectivity index (χ1) is 11.7. The Morgan fingerprint density at radius 2 is 1.58 bits per heavy atom. The first-order valence-electron chi connectivity index (χ1n) is 9.02. The molecule has 5 rings (SSSR count). The highest BCUT2D eigenvalue weighted by Crippen LogP contribution is 2.44. The summed E-state index contributed by atoms with van der Waals surface area (Å²) in [6.45, 7) is 1.02. The van der Waals surface area contributed by atoms with Crippen molar-refractivity contribution in [2.75, 3.05) is 5.73 Å². The molecule has 2 nitrogen and oxygen atoms in total. The van der Waals surface area contributed by atoms with Gasteiger partial charge in [-0.25, -0.2) is 4.39 Å². The normalized spacial score (nSPS) is 26.1. The van der Waals surface area contributed by atoms with E-state index in [1.165, 1.54) is 30.4 Å². The number of rotatable bonds is 5. The van der Waals surface area contributed by atoms with Gasteiger partial charge < -0.3 is 5.73 Å². The summed E-state index contributed by atoms with van der Waals surface area (Å²) in [5, 5.41) is 0. The smallest absolute Gasteiger partial charge is 0.123 e. The number of nitrogens with zero attached hydrogens (tertiary/aromatic N) is 1. The van der Waals surface area contributed by atoms with Gasteiger partial charge in [0.25, 0.3) is 0 Å². The molecule has 3 aliphatic rings. The molecule has 0 radical (unpaired) electrons. The molecule has 0 aromatic heterocycles. The van der Waals surface area contributed by atoms with Crippen LogP contribution in [0.4, 0.5) is 10.1 Å². The van der Waals surface area contributed by atoms with Crippen molar-refractivity contribution in [2.24, 2.45) is 5.92 Å². The van der Waals surface area contributed by atoms with Crippen LogP contribution >= 0.6 is 0 Å². The van der Waals surface area contributed by atoms with E-state index in [1.807, 2.05) is 24.3 Å². The lowest BCUT2D eigenvalue weighted by Gasteiger charge is -2.54. The summed E-state index contributed by atoms with van der Waals surface area (Å²) in [4.78, 5) is 2.70. The van der Waals surface area contributed by atoms with Gasteiger partial charge in [-0.1, -0.05) is 24.3 Å². The van der Waals surface area contributed by atoms with Crippen LogP contribution in [0.5, 0.6) is 0 Å². The molecular formula is C21H25FN2. The maximum Gasteiger partial charge on any atom is 0.123 e. The van der Waals surface area contributed by atoms with Gasteiger partial charge in [0.1, 0.15) is 5.82 Å². The number of hydrogen-bond donors (Lipinski definition) is 1. The molecule has 3 heteroatoms. The Balaban J connectivity index is 1.42. The van der Waals surface area contributed by atoms with Gasteiger partial charge in [-0.3, -0.25) is 4.90 Å². The van der Waals surface area contributed by atoms with E-state index in [9.17, 15) is 4.39 Å². The third-order valence-electron chi connectivity index (χ3n) is 5.78. The zero-order valence-corrected chi connectivity index (χ0v) is 14.0. The number of nitrogen functional groups attached to an aromatic ring is 1. The molecule has 1 unspecified atom stereocenters. The van der Waals surface area contributed by atoms with E-state index in [2.05, 4.69) is 17.0 Å². The van der Waals surface area contributed by atoms with Gasteiger partial charge in [0.15, 0.2) is 0 Å². The molecule has 0 amide bonds. The van der Waals surface area contributed by atoms with Crippen molar-refractivity contribution in [1.82, 2.24) is 4.90 Å². The maximum atomic E-state index is 13.1. The average molecular weight is 324 g/mol. The molecule has 24 heavy (non-hydrogen) atoms. The molecule has 2 aromatic rings. The standard InChI is InChI=1S/C21H25FN2/c22-18-6-1-15(2-7-18)5-10-20-11-17-12-21(13-17)24(20)14-16-3-8-19(23)9-4-16/h1-4,6-9,17,20-21H,5,10-14,23H2. The fraction of sp³-hybridized carbons (Fsp3) is 0.429. The number of aryl methyl sites for hydroxylation is 1. The van der Waals surface area contributed by atoms with Crippen LogP contribution in [0.3, 0.4) is 0 Å². The Hall–Kier alpha value is -1.87. The van der Waals surface area contributed by atoms with Gasteiger partial charge in [0.2, 0.25) is 0 Å². The van der Waals surface area contributed by atoms with E-state index in [4.69, 9.17) is 5.73 Å². The second-order valence-electron chi connectivity index (χ2n) is 7.46. The fourth-order valence-electron chi connectivity index (χ4n) is 4.34. The summed E-state index contributed by atoms with van der Waals surface area (Å²) in [5.74, 6) is 0.776. The number of fused-ring (bicyclic) bond motifs is 2. The van der Waals surface area contributed by atoms with Gasteiger partial charge in [-0.05, 0) is 73.4 Å².